The standard InChI is InChI=1S/C13H14BrFN2S/c1-17(6-9-4-13(14)18-8-9)7-10-5-11(15)2-3-12(10)16/h2-5,8H,6-7,16H2,1H3. The monoisotopic (exact) mass is 328 g/mol. The highest BCUT2D eigenvalue weighted by Crippen LogP contribution is 2.22. The van der Waals surface area contributed by atoms with Crippen LogP contribution in [0.25, 0.3) is 0 Å². The maximum atomic E-state index is 13.1. The fourth-order valence-corrected chi connectivity index (χ4v) is 3.00. The molecule has 2 rings (SSSR count). The van der Waals surface area contributed by atoms with Gasteiger partial charge in [0.05, 0.1) is 3.79 Å². The largest absolute Gasteiger partial charge is 0.398 e. The van der Waals surface area contributed by atoms with Gasteiger partial charge in [0.2, 0.25) is 0 Å². The first-order valence-corrected chi connectivity index (χ1v) is 7.17. The summed E-state index contributed by atoms with van der Waals surface area (Å²) in [6.45, 7) is 1.45. The number of nitrogen functional groups attached to an aromatic ring is 1. The molecule has 96 valence electrons. The Hall–Kier alpha value is -0.910. The molecule has 1 aromatic carbocycles. The summed E-state index contributed by atoms with van der Waals surface area (Å²) in [6, 6.07) is 6.58. The molecule has 0 saturated heterocycles. The minimum Gasteiger partial charge on any atom is -0.398 e. The number of nitrogens with two attached hydrogens (primary N) is 1. The lowest BCUT2D eigenvalue weighted by atomic mass is 10.1. The Kier molecular flexibility index (Phi) is 4.37. The van der Waals surface area contributed by atoms with Crippen molar-refractivity contribution in [1.82, 2.24) is 4.90 Å². The molecule has 0 unspecified atom stereocenters. The molecule has 0 atom stereocenters. The zero-order valence-corrected chi connectivity index (χ0v) is 12.4. The molecule has 1 heterocycles. The summed E-state index contributed by atoms with van der Waals surface area (Å²) in [5, 5.41) is 2.11. The summed E-state index contributed by atoms with van der Waals surface area (Å²) in [6.07, 6.45) is 0. The molecule has 1 aromatic heterocycles. The van der Waals surface area contributed by atoms with Crippen molar-refractivity contribution in [2.24, 2.45) is 0 Å². The quantitative estimate of drug-likeness (QED) is 0.863. The fourth-order valence-electron chi connectivity index (χ4n) is 1.80. The Labute approximate surface area is 118 Å². The van der Waals surface area contributed by atoms with E-state index in [0.29, 0.717) is 12.2 Å². The van der Waals surface area contributed by atoms with Crippen LogP contribution in [-0.4, -0.2) is 11.9 Å². The maximum absolute atomic E-state index is 13.1. The smallest absolute Gasteiger partial charge is 0.123 e. The van der Waals surface area contributed by atoms with Gasteiger partial charge in [-0.3, -0.25) is 4.90 Å². The molecule has 0 fully saturated rings. The fraction of sp³-hybridized carbons (Fsp3) is 0.231. The number of rotatable bonds is 4. The molecule has 0 aliphatic heterocycles. The third kappa shape index (κ3) is 3.54. The summed E-state index contributed by atoms with van der Waals surface area (Å²) in [5.41, 5.74) is 8.54. The molecule has 0 radical (unpaired) electrons. The lowest BCUT2D eigenvalue weighted by molar-refractivity contribution is 0.319. The Morgan fingerprint density at radius 1 is 1.33 bits per heavy atom. The second-order valence-corrected chi connectivity index (χ2v) is 6.56. The number of thiophene rings is 1. The van der Waals surface area contributed by atoms with E-state index in [1.54, 1.807) is 17.4 Å². The third-order valence-corrected chi connectivity index (χ3v) is 4.17. The summed E-state index contributed by atoms with van der Waals surface area (Å²) in [5.74, 6) is -0.245. The molecule has 0 amide bonds. The second kappa shape index (κ2) is 5.82. The van der Waals surface area contributed by atoms with Crippen LogP contribution >= 0.6 is 27.3 Å². The molecule has 18 heavy (non-hydrogen) atoms. The first kappa shape index (κ1) is 13.5. The summed E-state index contributed by atoms with van der Waals surface area (Å²) in [4.78, 5) is 2.11. The van der Waals surface area contributed by atoms with Crippen molar-refractivity contribution in [2.45, 2.75) is 13.1 Å². The number of benzene rings is 1. The van der Waals surface area contributed by atoms with Crippen LogP contribution in [0.3, 0.4) is 0 Å². The molecule has 2 aromatic rings. The Bertz CT molecular complexity index is 542. The van der Waals surface area contributed by atoms with E-state index < -0.39 is 0 Å². The first-order chi connectivity index (χ1) is 8.54. The Morgan fingerprint density at radius 3 is 2.78 bits per heavy atom. The van der Waals surface area contributed by atoms with Crippen molar-refractivity contribution in [2.75, 3.05) is 12.8 Å². The van der Waals surface area contributed by atoms with Gasteiger partial charge in [0, 0.05) is 18.8 Å². The molecule has 0 spiro atoms. The van der Waals surface area contributed by atoms with Crippen LogP contribution in [0.2, 0.25) is 0 Å². The SMILES string of the molecule is CN(Cc1csc(Br)c1)Cc1cc(F)ccc1N. The predicted octanol–water partition coefficient (Wildman–Crippen LogP) is 3.86. The minimum absolute atomic E-state index is 0.245. The number of anilines is 1. The molecular weight excluding hydrogens is 315 g/mol. The average molecular weight is 329 g/mol. The van der Waals surface area contributed by atoms with Crippen molar-refractivity contribution >= 4 is 33.0 Å². The zero-order chi connectivity index (χ0) is 13.1. The Balaban J connectivity index is 2.02. The van der Waals surface area contributed by atoms with Crippen LogP contribution in [0, 0.1) is 5.82 Å². The van der Waals surface area contributed by atoms with Gasteiger partial charge in [0.1, 0.15) is 5.82 Å². The molecule has 0 saturated carbocycles. The van der Waals surface area contributed by atoms with Crippen LogP contribution in [0.15, 0.2) is 33.4 Å². The van der Waals surface area contributed by atoms with E-state index in [9.17, 15) is 4.39 Å². The van der Waals surface area contributed by atoms with Gasteiger partial charge in [-0.05, 0) is 63.8 Å². The van der Waals surface area contributed by atoms with Crippen LogP contribution in [0.1, 0.15) is 11.1 Å². The van der Waals surface area contributed by atoms with E-state index in [2.05, 4.69) is 32.3 Å². The number of hydrogen-bond acceptors (Lipinski definition) is 3. The normalized spacial score (nSPS) is 11.1. The number of hydrogen-bond donors (Lipinski definition) is 1. The molecule has 2 nitrogen and oxygen atoms in total. The van der Waals surface area contributed by atoms with E-state index >= 15 is 0 Å². The number of nitrogens with zero attached hydrogens (tertiary/aromatic N) is 1. The van der Waals surface area contributed by atoms with Gasteiger partial charge in [0.25, 0.3) is 0 Å². The third-order valence-electron chi connectivity index (χ3n) is 2.62. The van der Waals surface area contributed by atoms with Crippen molar-refractivity contribution in [3.05, 3.63) is 50.4 Å². The molecule has 0 aliphatic rings. The van der Waals surface area contributed by atoms with Crippen LogP contribution < -0.4 is 5.73 Å². The van der Waals surface area contributed by atoms with Gasteiger partial charge in [0.15, 0.2) is 0 Å². The lowest BCUT2D eigenvalue weighted by Crippen LogP contribution is -2.17. The molecule has 2 N–H and O–H groups in total. The van der Waals surface area contributed by atoms with Gasteiger partial charge in [-0.2, -0.15) is 0 Å². The highest BCUT2D eigenvalue weighted by Gasteiger charge is 2.07. The average Bonchev–Trinajstić information content (AvgIpc) is 2.69. The molecule has 0 bridgehead atoms. The highest BCUT2D eigenvalue weighted by molar-refractivity contribution is 9.11. The van der Waals surface area contributed by atoms with E-state index in [4.69, 9.17) is 5.73 Å². The van der Waals surface area contributed by atoms with Gasteiger partial charge < -0.3 is 5.73 Å². The van der Waals surface area contributed by atoms with Gasteiger partial charge >= 0.3 is 0 Å². The Morgan fingerprint density at radius 2 is 2.11 bits per heavy atom. The van der Waals surface area contributed by atoms with Crippen molar-refractivity contribution in [3.63, 3.8) is 0 Å². The van der Waals surface area contributed by atoms with Gasteiger partial charge in [-0.25, -0.2) is 4.39 Å². The predicted molar refractivity (Wildman–Crippen MR) is 78.0 cm³/mol. The minimum atomic E-state index is -0.245. The summed E-state index contributed by atoms with van der Waals surface area (Å²) in [7, 11) is 2.00. The zero-order valence-electron chi connectivity index (χ0n) is 9.99. The van der Waals surface area contributed by atoms with Crippen molar-refractivity contribution < 1.29 is 4.39 Å². The molecule has 5 heteroatoms. The lowest BCUT2D eigenvalue weighted by Gasteiger charge is -2.17. The summed E-state index contributed by atoms with van der Waals surface area (Å²) < 4.78 is 14.3. The molecule has 0 aliphatic carbocycles. The topological polar surface area (TPSA) is 29.3 Å². The first-order valence-electron chi connectivity index (χ1n) is 5.50. The van der Waals surface area contributed by atoms with E-state index in [-0.39, 0.29) is 5.82 Å². The van der Waals surface area contributed by atoms with E-state index in [1.807, 2.05) is 7.05 Å². The van der Waals surface area contributed by atoms with Crippen molar-refractivity contribution in [3.8, 4) is 0 Å². The maximum Gasteiger partial charge on any atom is 0.123 e. The van der Waals surface area contributed by atoms with Crippen molar-refractivity contribution in [1.29, 1.82) is 0 Å². The number of halogens is 2. The van der Waals surface area contributed by atoms with Crippen LogP contribution in [0.4, 0.5) is 10.1 Å². The van der Waals surface area contributed by atoms with E-state index in [1.165, 1.54) is 17.7 Å². The van der Waals surface area contributed by atoms with Crippen LogP contribution in [-0.2, 0) is 13.1 Å². The molecular formula is C13H14BrFN2S. The van der Waals surface area contributed by atoms with Gasteiger partial charge in [-0.15, -0.1) is 11.3 Å². The van der Waals surface area contributed by atoms with E-state index in [0.717, 1.165) is 15.9 Å². The van der Waals surface area contributed by atoms with Gasteiger partial charge in [-0.1, -0.05) is 0 Å². The van der Waals surface area contributed by atoms with Crippen LogP contribution in [0.5, 0.6) is 0 Å². The summed E-state index contributed by atoms with van der Waals surface area (Å²) >= 11 is 5.10. The highest BCUT2D eigenvalue weighted by atomic mass is 79.9. The second-order valence-electron chi connectivity index (χ2n) is 4.27.